The Morgan fingerprint density at radius 2 is 1.85 bits per heavy atom. The number of aromatic nitrogens is 1. The molecule has 0 aliphatic heterocycles. The molecule has 1 fully saturated rings. The minimum atomic E-state index is 0.663. The highest BCUT2D eigenvalue weighted by Gasteiger charge is 2.22. The summed E-state index contributed by atoms with van der Waals surface area (Å²) in [4.78, 5) is 0. The summed E-state index contributed by atoms with van der Waals surface area (Å²) < 4.78 is 12.3. The molecule has 0 unspecified atom stereocenters. The summed E-state index contributed by atoms with van der Waals surface area (Å²) in [6.07, 6.45) is 5.26. The smallest absolute Gasteiger partial charge is 0.198 e. The van der Waals surface area contributed by atoms with E-state index >= 15 is 0 Å². The summed E-state index contributed by atoms with van der Waals surface area (Å²) in [6, 6.07) is 14.4. The van der Waals surface area contributed by atoms with Crippen molar-refractivity contribution in [3.05, 3.63) is 64.6 Å². The lowest BCUT2D eigenvalue weighted by Gasteiger charge is -2.14. The van der Waals surface area contributed by atoms with E-state index in [0.29, 0.717) is 12.0 Å². The monoisotopic (exact) mass is 373 g/mol. The van der Waals surface area contributed by atoms with E-state index in [-0.39, 0.29) is 0 Å². The average molecular weight is 374 g/mol. The third-order valence-electron chi connectivity index (χ3n) is 6.33. The van der Waals surface area contributed by atoms with Gasteiger partial charge in [0.1, 0.15) is 7.05 Å². The van der Waals surface area contributed by atoms with Crippen LogP contribution in [0.5, 0.6) is 0 Å². The fourth-order valence-electron chi connectivity index (χ4n) is 4.72. The van der Waals surface area contributed by atoms with Crippen LogP contribution in [-0.2, 0) is 7.05 Å². The van der Waals surface area contributed by atoms with E-state index in [4.69, 9.17) is 1.37 Å². The number of thiophene rings is 1. The highest BCUT2D eigenvalue weighted by atomic mass is 32.1. The summed E-state index contributed by atoms with van der Waals surface area (Å²) in [5, 5.41) is 5.77. The lowest BCUT2D eigenvalue weighted by atomic mass is 9.92. The van der Waals surface area contributed by atoms with Crippen LogP contribution in [0.1, 0.15) is 49.8 Å². The van der Waals surface area contributed by atoms with Gasteiger partial charge in [0.05, 0.1) is 12.3 Å². The van der Waals surface area contributed by atoms with Gasteiger partial charge < -0.3 is 0 Å². The molecule has 5 rings (SSSR count). The first kappa shape index (κ1) is 15.8. The van der Waals surface area contributed by atoms with E-state index in [9.17, 15) is 0 Å². The molecule has 0 saturated heterocycles. The first-order valence-corrected chi connectivity index (χ1v) is 10.8. The Balaban J connectivity index is 1.81. The number of pyridine rings is 1. The van der Waals surface area contributed by atoms with Gasteiger partial charge in [0, 0.05) is 17.7 Å². The lowest BCUT2D eigenvalue weighted by molar-refractivity contribution is -0.665. The second kappa shape index (κ2) is 6.45. The normalized spacial score (nSPS) is 15.7. The van der Waals surface area contributed by atoms with E-state index in [0.717, 1.165) is 11.1 Å². The van der Waals surface area contributed by atoms with Crippen LogP contribution in [0.15, 0.2) is 47.8 Å². The fourth-order valence-corrected chi connectivity index (χ4v) is 5.53. The molecule has 0 amide bonds. The molecule has 0 spiro atoms. The third kappa shape index (κ3) is 2.78. The van der Waals surface area contributed by atoms with Gasteiger partial charge in [0.2, 0.25) is 5.69 Å². The number of hydrogen-bond donors (Lipinski definition) is 0. The molecule has 2 heteroatoms. The van der Waals surface area contributed by atoms with Crippen molar-refractivity contribution in [2.75, 3.05) is 0 Å². The molecular weight excluding hydrogens is 346 g/mol. The van der Waals surface area contributed by atoms with Crippen LogP contribution in [0.3, 0.4) is 0 Å². The van der Waals surface area contributed by atoms with Gasteiger partial charge in [-0.25, -0.2) is 0 Å². The number of rotatable bonds is 2. The molecule has 2 aromatic heterocycles. The van der Waals surface area contributed by atoms with Crippen LogP contribution in [0.25, 0.3) is 32.1 Å². The maximum absolute atomic E-state index is 8.80. The third-order valence-corrected chi connectivity index (χ3v) is 7.21. The highest BCUT2D eigenvalue weighted by Crippen LogP contribution is 2.38. The predicted molar refractivity (Wildman–Crippen MR) is 117 cm³/mol. The molecule has 2 heterocycles. The van der Waals surface area contributed by atoms with Crippen molar-refractivity contribution in [1.82, 2.24) is 0 Å². The Morgan fingerprint density at radius 1 is 1.04 bits per heavy atom. The van der Waals surface area contributed by atoms with Crippen molar-refractivity contribution in [3.63, 3.8) is 0 Å². The highest BCUT2D eigenvalue weighted by molar-refractivity contribution is 7.17. The first-order chi connectivity index (χ1) is 13.5. The van der Waals surface area contributed by atoms with Crippen molar-refractivity contribution < 1.29 is 5.94 Å². The topological polar surface area (TPSA) is 3.88 Å². The number of aryl methyl sites for hydroxylation is 1. The fraction of sp³-hybridized carbons (Fsp3) is 0.320. The number of hydrogen-bond acceptors (Lipinski definition) is 1. The second-order valence-corrected chi connectivity index (χ2v) is 8.98. The van der Waals surface area contributed by atoms with Crippen LogP contribution >= 0.6 is 11.3 Å². The van der Waals surface area contributed by atoms with Crippen molar-refractivity contribution in [1.29, 1.82) is 0 Å². The molecule has 0 radical (unpaired) electrons. The van der Waals surface area contributed by atoms with E-state index < -0.39 is 0 Å². The van der Waals surface area contributed by atoms with Gasteiger partial charge in [-0.1, -0.05) is 25.0 Å². The van der Waals surface area contributed by atoms with Gasteiger partial charge in [-0.15, -0.1) is 11.3 Å². The van der Waals surface area contributed by atoms with E-state index in [1.807, 2.05) is 0 Å². The van der Waals surface area contributed by atoms with E-state index in [1.54, 1.807) is 11.3 Å². The van der Waals surface area contributed by atoms with Gasteiger partial charge in [-0.05, 0) is 77.2 Å². The summed E-state index contributed by atoms with van der Waals surface area (Å²) in [5.41, 5.74) is 6.24. The van der Waals surface area contributed by atoms with Gasteiger partial charge in [-0.2, -0.15) is 4.57 Å². The zero-order valence-corrected chi connectivity index (χ0v) is 17.1. The maximum Gasteiger partial charge on any atom is 0.220 e. The van der Waals surface area contributed by atoms with Crippen LogP contribution in [-0.4, -0.2) is 0 Å². The van der Waals surface area contributed by atoms with E-state index in [1.165, 1.54) is 63.5 Å². The summed E-state index contributed by atoms with van der Waals surface area (Å²) in [6.45, 7) is 4.28. The Hall–Kier alpha value is -2.19. The Morgan fingerprint density at radius 3 is 2.67 bits per heavy atom. The molecule has 1 aliphatic carbocycles. The molecule has 4 aromatic rings. The average Bonchev–Trinajstić information content (AvgIpc) is 3.38. The Bertz CT molecular complexity index is 1210. The minimum absolute atomic E-state index is 0.663. The quantitative estimate of drug-likeness (QED) is 0.339. The standard InChI is InChI=1S/C25H26NS/c1-16-12-20-10-11-27-24(20)15-23(16)25-22-9-8-19(18-6-4-5-7-18)14-21(22)13-17(2)26(25)3/h8-15,18H,4-7H2,1-3H3/q+1/i13D. The lowest BCUT2D eigenvalue weighted by Crippen LogP contribution is -2.35. The summed E-state index contributed by atoms with van der Waals surface area (Å²) in [5.74, 6) is 0.672. The van der Waals surface area contributed by atoms with Crippen molar-refractivity contribution in [2.24, 2.45) is 7.05 Å². The maximum atomic E-state index is 8.80. The second-order valence-electron chi connectivity index (χ2n) is 8.03. The van der Waals surface area contributed by atoms with Crippen molar-refractivity contribution in [2.45, 2.75) is 45.4 Å². The minimum Gasteiger partial charge on any atom is -0.198 e. The molecule has 0 atom stereocenters. The van der Waals surface area contributed by atoms with Crippen molar-refractivity contribution in [3.8, 4) is 11.3 Å². The van der Waals surface area contributed by atoms with Crippen LogP contribution in [0, 0.1) is 13.8 Å². The molecule has 1 saturated carbocycles. The molecule has 136 valence electrons. The molecular formula is C25H26NS+. The predicted octanol–water partition coefficient (Wildman–Crippen LogP) is 6.82. The molecule has 1 nitrogen and oxygen atoms in total. The molecule has 27 heavy (non-hydrogen) atoms. The Labute approximate surface area is 166 Å². The number of fused-ring (bicyclic) bond motifs is 2. The van der Waals surface area contributed by atoms with Crippen LogP contribution < -0.4 is 4.57 Å². The number of benzene rings is 2. The first-order valence-electron chi connectivity index (χ1n) is 10.5. The molecule has 1 aliphatic rings. The van der Waals surface area contributed by atoms with E-state index in [2.05, 4.69) is 67.2 Å². The molecule has 0 bridgehead atoms. The summed E-state index contributed by atoms with van der Waals surface area (Å²) in [7, 11) is 2.10. The van der Waals surface area contributed by atoms with Gasteiger partial charge in [-0.3, -0.25) is 0 Å². The Kier molecular flexibility index (Phi) is 3.78. The molecule has 0 N–H and O–H groups in total. The van der Waals surface area contributed by atoms with Crippen molar-refractivity contribution >= 4 is 32.2 Å². The van der Waals surface area contributed by atoms with Crippen LogP contribution in [0.2, 0.25) is 0 Å². The zero-order chi connectivity index (χ0) is 19.4. The van der Waals surface area contributed by atoms with Gasteiger partial charge in [0.25, 0.3) is 0 Å². The molecule has 2 aromatic carbocycles. The summed E-state index contributed by atoms with van der Waals surface area (Å²) >= 11 is 1.80. The zero-order valence-electron chi connectivity index (χ0n) is 17.3. The van der Waals surface area contributed by atoms with Crippen LogP contribution in [0.4, 0.5) is 0 Å². The van der Waals surface area contributed by atoms with Gasteiger partial charge in [0.15, 0.2) is 5.69 Å². The SMILES string of the molecule is [2H]c1c(C)[n+](C)c(-c2cc3sccc3cc2C)c2ccc(C3CCCC3)cc12. The largest absolute Gasteiger partial charge is 0.220 e. The number of nitrogens with zero attached hydrogens (tertiary/aromatic N) is 1. The van der Waals surface area contributed by atoms with Gasteiger partial charge >= 0.3 is 0 Å².